The van der Waals surface area contributed by atoms with Gasteiger partial charge in [-0.25, -0.2) is 0 Å². The van der Waals surface area contributed by atoms with E-state index in [1.807, 2.05) is 6.92 Å². The van der Waals surface area contributed by atoms with Crippen molar-refractivity contribution in [2.45, 2.75) is 26.5 Å². The number of hydrogen-bond acceptors (Lipinski definition) is 5. The summed E-state index contributed by atoms with van der Waals surface area (Å²) in [7, 11) is -1.10. The van der Waals surface area contributed by atoms with Crippen LogP contribution in [0.5, 0.6) is 0 Å². The zero-order valence-electron chi connectivity index (χ0n) is 11.4. The zero-order chi connectivity index (χ0) is 14.6. The minimum atomic E-state index is -1.10. The minimum Gasteiger partial charge on any atom is -0.330 e. The van der Waals surface area contributed by atoms with Crippen molar-refractivity contribution < 1.29 is 9.13 Å². The number of nitrogens with zero attached hydrogens (tertiary/aromatic N) is 2. The summed E-state index contributed by atoms with van der Waals surface area (Å²) < 4.78 is 11.9. The highest BCUT2D eigenvalue weighted by Crippen LogP contribution is 2.24. The van der Waals surface area contributed by atoms with Gasteiger partial charge < -0.3 is 5.73 Å². The molecule has 2 atom stereocenters. The summed E-state index contributed by atoms with van der Waals surface area (Å²) in [6.45, 7) is 5.70. The molecule has 0 spiro atoms. The lowest BCUT2D eigenvalue weighted by atomic mass is 10.1. The van der Waals surface area contributed by atoms with E-state index < -0.39 is 15.7 Å². The van der Waals surface area contributed by atoms with Crippen LogP contribution in [0.15, 0.2) is 6.20 Å². The molecular formula is C12H19N3O3S. The van der Waals surface area contributed by atoms with E-state index in [0.717, 1.165) is 0 Å². The molecule has 0 aromatic carbocycles. The molecule has 1 heterocycles. The monoisotopic (exact) mass is 285 g/mol. The first-order valence-electron chi connectivity index (χ1n) is 6.01. The van der Waals surface area contributed by atoms with Crippen LogP contribution >= 0.6 is 0 Å². The zero-order valence-corrected chi connectivity index (χ0v) is 12.2. The first kappa shape index (κ1) is 15.7. The van der Waals surface area contributed by atoms with Crippen LogP contribution in [-0.2, 0) is 16.6 Å². The molecule has 0 amide bonds. The van der Waals surface area contributed by atoms with E-state index in [0.29, 0.717) is 29.1 Å². The maximum Gasteiger partial charge on any atom is 0.278 e. The van der Waals surface area contributed by atoms with E-state index in [9.17, 15) is 14.3 Å². The molecular weight excluding hydrogens is 266 g/mol. The molecule has 7 heteroatoms. The molecule has 0 saturated heterocycles. The minimum absolute atomic E-state index is 0.0638. The number of nitrogens with two attached hydrogens (primary N) is 1. The molecule has 19 heavy (non-hydrogen) atoms. The molecule has 0 aliphatic rings. The van der Waals surface area contributed by atoms with Crippen molar-refractivity contribution in [3.8, 4) is 0 Å². The standard InChI is InChI=1S/C12H19N3O3S/c1-8(4-13)6-19(18)7-11-10(3)12(15(16)17)9(2)5-14-11/h5,8H,4,6-7,13H2,1-3H3. The lowest BCUT2D eigenvalue weighted by Gasteiger charge is -2.10. The second kappa shape index (κ2) is 6.72. The number of nitro groups is 1. The fourth-order valence-corrected chi connectivity index (χ4v) is 3.27. The van der Waals surface area contributed by atoms with Crippen molar-refractivity contribution in [3.63, 3.8) is 0 Å². The Morgan fingerprint density at radius 1 is 1.53 bits per heavy atom. The quantitative estimate of drug-likeness (QED) is 0.630. The van der Waals surface area contributed by atoms with E-state index in [1.165, 1.54) is 6.20 Å². The molecule has 0 radical (unpaired) electrons. The summed E-state index contributed by atoms with van der Waals surface area (Å²) >= 11 is 0. The number of pyridine rings is 1. The van der Waals surface area contributed by atoms with Gasteiger partial charge in [-0.2, -0.15) is 0 Å². The Hall–Kier alpha value is -1.34. The first-order chi connectivity index (χ1) is 8.86. The number of aromatic nitrogens is 1. The lowest BCUT2D eigenvalue weighted by molar-refractivity contribution is -0.386. The van der Waals surface area contributed by atoms with Gasteiger partial charge in [-0.1, -0.05) is 6.92 Å². The molecule has 2 N–H and O–H groups in total. The maximum absolute atomic E-state index is 11.9. The average Bonchev–Trinajstić information content (AvgIpc) is 2.32. The Morgan fingerprint density at radius 3 is 2.68 bits per heavy atom. The Balaban J connectivity index is 2.94. The molecule has 0 aliphatic heterocycles. The maximum atomic E-state index is 11.9. The van der Waals surface area contributed by atoms with Crippen LogP contribution in [0.2, 0.25) is 0 Å². The number of hydrogen-bond donors (Lipinski definition) is 1. The van der Waals surface area contributed by atoms with Gasteiger partial charge >= 0.3 is 0 Å². The van der Waals surface area contributed by atoms with E-state index in [4.69, 9.17) is 5.73 Å². The van der Waals surface area contributed by atoms with Crippen LogP contribution < -0.4 is 5.73 Å². The average molecular weight is 285 g/mol. The summed E-state index contributed by atoms with van der Waals surface area (Å²) in [5.74, 6) is 0.887. The van der Waals surface area contributed by atoms with Gasteiger partial charge in [-0.3, -0.25) is 19.3 Å². The van der Waals surface area contributed by atoms with E-state index in [2.05, 4.69) is 4.98 Å². The molecule has 0 aliphatic carbocycles. The Bertz CT molecular complexity index is 505. The highest BCUT2D eigenvalue weighted by Gasteiger charge is 2.20. The summed E-state index contributed by atoms with van der Waals surface area (Å²) in [5.41, 5.74) is 7.10. The molecule has 1 aromatic rings. The highest BCUT2D eigenvalue weighted by molar-refractivity contribution is 7.84. The predicted molar refractivity (Wildman–Crippen MR) is 75.3 cm³/mol. The molecule has 1 aromatic heterocycles. The fraction of sp³-hybridized carbons (Fsp3) is 0.583. The molecule has 1 rings (SSSR count). The van der Waals surface area contributed by atoms with Crippen LogP contribution in [0.3, 0.4) is 0 Å². The van der Waals surface area contributed by atoms with Crippen molar-refractivity contribution in [1.29, 1.82) is 0 Å². The van der Waals surface area contributed by atoms with Gasteiger partial charge in [0.2, 0.25) is 0 Å². The number of rotatable bonds is 6. The van der Waals surface area contributed by atoms with Crippen LogP contribution in [0, 0.1) is 29.9 Å². The van der Waals surface area contributed by atoms with Crippen molar-refractivity contribution >= 4 is 16.5 Å². The lowest BCUT2D eigenvalue weighted by Crippen LogP contribution is -2.19. The second-order valence-corrected chi connectivity index (χ2v) is 6.21. The van der Waals surface area contributed by atoms with Crippen molar-refractivity contribution in [3.05, 3.63) is 33.1 Å². The van der Waals surface area contributed by atoms with Gasteiger partial charge in [0.1, 0.15) is 0 Å². The second-order valence-electron chi connectivity index (χ2n) is 4.71. The van der Waals surface area contributed by atoms with Gasteiger partial charge in [0.15, 0.2) is 0 Å². The molecule has 106 valence electrons. The smallest absolute Gasteiger partial charge is 0.278 e. The summed E-state index contributed by atoms with van der Waals surface area (Å²) in [6, 6.07) is 0. The fourth-order valence-electron chi connectivity index (χ4n) is 1.79. The summed E-state index contributed by atoms with van der Waals surface area (Å²) in [4.78, 5) is 14.7. The van der Waals surface area contributed by atoms with Crippen LogP contribution in [0.1, 0.15) is 23.7 Å². The highest BCUT2D eigenvalue weighted by atomic mass is 32.2. The van der Waals surface area contributed by atoms with Gasteiger partial charge in [0.05, 0.1) is 16.4 Å². The van der Waals surface area contributed by atoms with Crippen LogP contribution in [0.4, 0.5) is 5.69 Å². The van der Waals surface area contributed by atoms with Gasteiger partial charge in [-0.15, -0.1) is 0 Å². The SMILES string of the molecule is Cc1cnc(CS(=O)CC(C)CN)c(C)c1[N+](=O)[O-]. The third kappa shape index (κ3) is 4.07. The van der Waals surface area contributed by atoms with E-state index >= 15 is 0 Å². The van der Waals surface area contributed by atoms with Gasteiger partial charge in [-0.05, 0) is 26.3 Å². The van der Waals surface area contributed by atoms with Crippen molar-refractivity contribution in [2.75, 3.05) is 12.3 Å². The van der Waals surface area contributed by atoms with Crippen LogP contribution in [0.25, 0.3) is 0 Å². The van der Waals surface area contributed by atoms with Gasteiger partial charge in [0.25, 0.3) is 5.69 Å². The molecule has 6 nitrogen and oxygen atoms in total. The Kier molecular flexibility index (Phi) is 5.56. The Labute approximate surface area is 115 Å². The van der Waals surface area contributed by atoms with E-state index in [-0.39, 0.29) is 17.4 Å². The number of aryl methyl sites for hydroxylation is 1. The van der Waals surface area contributed by atoms with Crippen molar-refractivity contribution in [2.24, 2.45) is 11.7 Å². The third-order valence-electron chi connectivity index (χ3n) is 2.93. The third-order valence-corrected chi connectivity index (χ3v) is 4.46. The summed E-state index contributed by atoms with van der Waals surface area (Å²) in [6.07, 6.45) is 1.46. The van der Waals surface area contributed by atoms with Gasteiger partial charge in [0, 0.05) is 33.9 Å². The Morgan fingerprint density at radius 2 is 2.16 bits per heavy atom. The molecule has 0 bridgehead atoms. The summed E-state index contributed by atoms with van der Waals surface area (Å²) in [5, 5.41) is 11.0. The van der Waals surface area contributed by atoms with Crippen LogP contribution in [-0.4, -0.2) is 26.4 Å². The molecule has 2 unspecified atom stereocenters. The molecule has 0 fully saturated rings. The first-order valence-corrected chi connectivity index (χ1v) is 7.50. The predicted octanol–water partition coefficient (Wildman–Crippen LogP) is 1.45. The molecule has 0 saturated carbocycles. The van der Waals surface area contributed by atoms with Crippen molar-refractivity contribution in [1.82, 2.24) is 4.98 Å². The topological polar surface area (TPSA) is 99.1 Å². The largest absolute Gasteiger partial charge is 0.330 e. The van der Waals surface area contributed by atoms with E-state index in [1.54, 1.807) is 13.8 Å². The normalized spacial score (nSPS) is 14.1.